The van der Waals surface area contributed by atoms with E-state index < -0.39 is 0 Å². The fourth-order valence-corrected chi connectivity index (χ4v) is 3.55. The molecular weight excluding hydrogens is 302 g/mol. The number of nitrogens with zero attached hydrogens (tertiary/aromatic N) is 2. The van der Waals surface area contributed by atoms with Crippen LogP contribution in [0.5, 0.6) is 0 Å². The van der Waals surface area contributed by atoms with E-state index in [0.717, 1.165) is 52.4 Å². The Hall–Kier alpha value is -1.59. The standard InChI is InChI=1S/C19H29N3O2/c1-19(2)15-21(18(23)20-12-17-8-11-24-14-17)9-10-22(19)13-16-6-4-3-5-7-16/h3-7,17H,8-15H2,1-2H3,(H,20,23). The zero-order valence-corrected chi connectivity index (χ0v) is 14.8. The number of piperazine rings is 1. The van der Waals surface area contributed by atoms with Gasteiger partial charge in [-0.15, -0.1) is 0 Å². The Balaban J connectivity index is 1.51. The summed E-state index contributed by atoms with van der Waals surface area (Å²) >= 11 is 0. The van der Waals surface area contributed by atoms with E-state index in [1.54, 1.807) is 0 Å². The third-order valence-corrected chi connectivity index (χ3v) is 5.14. The number of ether oxygens (including phenoxy) is 1. The smallest absolute Gasteiger partial charge is 0.317 e. The van der Waals surface area contributed by atoms with Gasteiger partial charge in [-0.3, -0.25) is 4.90 Å². The molecule has 2 aliphatic rings. The van der Waals surface area contributed by atoms with Crippen molar-refractivity contribution >= 4 is 6.03 Å². The zero-order chi connectivity index (χ0) is 17.0. The number of nitrogens with one attached hydrogen (secondary N) is 1. The summed E-state index contributed by atoms with van der Waals surface area (Å²) in [4.78, 5) is 16.9. The minimum Gasteiger partial charge on any atom is -0.381 e. The molecule has 0 aliphatic carbocycles. The van der Waals surface area contributed by atoms with E-state index in [4.69, 9.17) is 4.74 Å². The molecule has 5 heteroatoms. The van der Waals surface area contributed by atoms with Gasteiger partial charge in [0.2, 0.25) is 0 Å². The Labute approximate surface area is 145 Å². The molecule has 0 spiro atoms. The van der Waals surface area contributed by atoms with Crippen molar-refractivity contribution in [3.05, 3.63) is 35.9 Å². The molecule has 1 unspecified atom stereocenters. The average molecular weight is 331 g/mol. The topological polar surface area (TPSA) is 44.8 Å². The van der Waals surface area contributed by atoms with Crippen LogP contribution in [0.4, 0.5) is 4.79 Å². The van der Waals surface area contributed by atoms with Gasteiger partial charge in [-0.05, 0) is 25.8 Å². The fourth-order valence-electron chi connectivity index (χ4n) is 3.55. The normalized spacial score (nSPS) is 24.1. The Kier molecular flexibility index (Phi) is 5.41. The Bertz CT molecular complexity index is 541. The van der Waals surface area contributed by atoms with E-state index in [2.05, 4.69) is 48.3 Å². The number of amides is 2. The van der Waals surface area contributed by atoms with Crippen molar-refractivity contribution in [1.29, 1.82) is 0 Å². The van der Waals surface area contributed by atoms with Gasteiger partial charge in [0.05, 0.1) is 6.61 Å². The van der Waals surface area contributed by atoms with Gasteiger partial charge in [-0.25, -0.2) is 4.79 Å². The minimum atomic E-state index is -0.0259. The molecule has 0 radical (unpaired) electrons. The second kappa shape index (κ2) is 7.53. The van der Waals surface area contributed by atoms with Gasteiger partial charge < -0.3 is 15.0 Å². The van der Waals surface area contributed by atoms with Crippen LogP contribution in [0.1, 0.15) is 25.8 Å². The van der Waals surface area contributed by atoms with Crippen molar-refractivity contribution in [2.24, 2.45) is 5.92 Å². The molecule has 132 valence electrons. The first kappa shape index (κ1) is 17.2. The van der Waals surface area contributed by atoms with Crippen LogP contribution in [-0.4, -0.2) is 60.8 Å². The van der Waals surface area contributed by atoms with E-state index in [0.29, 0.717) is 5.92 Å². The van der Waals surface area contributed by atoms with Crippen LogP contribution in [0.3, 0.4) is 0 Å². The molecular formula is C19H29N3O2. The number of carbonyl (C=O) groups is 1. The highest BCUT2D eigenvalue weighted by molar-refractivity contribution is 5.74. The van der Waals surface area contributed by atoms with E-state index in [-0.39, 0.29) is 11.6 Å². The van der Waals surface area contributed by atoms with Gasteiger partial charge in [0.15, 0.2) is 0 Å². The number of urea groups is 1. The van der Waals surface area contributed by atoms with Crippen molar-refractivity contribution in [2.45, 2.75) is 32.4 Å². The van der Waals surface area contributed by atoms with Crippen LogP contribution in [0.15, 0.2) is 30.3 Å². The lowest BCUT2D eigenvalue weighted by molar-refractivity contribution is 0.0295. The highest BCUT2D eigenvalue weighted by Gasteiger charge is 2.35. The second-order valence-corrected chi connectivity index (χ2v) is 7.56. The number of rotatable bonds is 4. The van der Waals surface area contributed by atoms with Crippen molar-refractivity contribution in [1.82, 2.24) is 15.1 Å². The van der Waals surface area contributed by atoms with E-state index in [1.165, 1.54) is 5.56 Å². The number of hydrogen-bond donors (Lipinski definition) is 1. The lowest BCUT2D eigenvalue weighted by atomic mass is 9.98. The largest absolute Gasteiger partial charge is 0.381 e. The molecule has 2 heterocycles. The number of benzene rings is 1. The molecule has 2 saturated heterocycles. The van der Waals surface area contributed by atoms with Crippen molar-refractivity contribution in [3.63, 3.8) is 0 Å². The summed E-state index contributed by atoms with van der Waals surface area (Å²) < 4.78 is 5.37. The highest BCUT2D eigenvalue weighted by Crippen LogP contribution is 2.23. The van der Waals surface area contributed by atoms with Crippen molar-refractivity contribution < 1.29 is 9.53 Å². The molecule has 3 rings (SSSR count). The average Bonchev–Trinajstić information content (AvgIpc) is 3.08. The molecule has 1 atom stereocenters. The predicted molar refractivity (Wildman–Crippen MR) is 94.8 cm³/mol. The number of carbonyl (C=O) groups excluding carboxylic acids is 1. The predicted octanol–water partition coefficient (Wildman–Crippen LogP) is 2.33. The van der Waals surface area contributed by atoms with Crippen molar-refractivity contribution in [3.8, 4) is 0 Å². The molecule has 1 N–H and O–H groups in total. The first-order chi connectivity index (χ1) is 11.5. The quantitative estimate of drug-likeness (QED) is 0.921. The Morgan fingerprint density at radius 1 is 1.29 bits per heavy atom. The van der Waals surface area contributed by atoms with Crippen LogP contribution in [0.25, 0.3) is 0 Å². The Morgan fingerprint density at radius 2 is 2.08 bits per heavy atom. The summed E-state index contributed by atoms with van der Waals surface area (Å²) in [6, 6.07) is 10.6. The molecule has 2 amide bonds. The maximum atomic E-state index is 12.5. The fraction of sp³-hybridized carbons (Fsp3) is 0.632. The molecule has 5 nitrogen and oxygen atoms in total. The summed E-state index contributed by atoms with van der Waals surface area (Å²) in [5, 5.41) is 3.09. The molecule has 0 bridgehead atoms. The highest BCUT2D eigenvalue weighted by atomic mass is 16.5. The van der Waals surface area contributed by atoms with Crippen LogP contribution < -0.4 is 5.32 Å². The first-order valence-corrected chi connectivity index (χ1v) is 8.94. The third-order valence-electron chi connectivity index (χ3n) is 5.14. The second-order valence-electron chi connectivity index (χ2n) is 7.56. The zero-order valence-electron chi connectivity index (χ0n) is 14.8. The van der Waals surface area contributed by atoms with Gasteiger partial charge in [0.1, 0.15) is 0 Å². The molecule has 1 aromatic carbocycles. The van der Waals surface area contributed by atoms with E-state index in [9.17, 15) is 4.79 Å². The minimum absolute atomic E-state index is 0.0259. The third kappa shape index (κ3) is 4.28. The van der Waals surface area contributed by atoms with Gasteiger partial charge in [0.25, 0.3) is 0 Å². The SMILES string of the molecule is CC1(C)CN(C(=O)NCC2CCOC2)CCN1Cc1ccccc1. The maximum absolute atomic E-state index is 12.5. The summed E-state index contributed by atoms with van der Waals surface area (Å²) in [7, 11) is 0. The molecule has 24 heavy (non-hydrogen) atoms. The van der Waals surface area contributed by atoms with Gasteiger partial charge in [-0.2, -0.15) is 0 Å². The summed E-state index contributed by atoms with van der Waals surface area (Å²) in [6.07, 6.45) is 1.05. The molecule has 2 fully saturated rings. The summed E-state index contributed by atoms with van der Waals surface area (Å²) in [5.74, 6) is 0.473. The molecule has 0 saturated carbocycles. The molecule has 1 aromatic rings. The monoisotopic (exact) mass is 331 g/mol. The van der Waals surface area contributed by atoms with Gasteiger partial charge in [-0.1, -0.05) is 30.3 Å². The molecule has 0 aromatic heterocycles. The van der Waals surface area contributed by atoms with Crippen LogP contribution in [-0.2, 0) is 11.3 Å². The van der Waals surface area contributed by atoms with E-state index in [1.807, 2.05) is 11.0 Å². The van der Waals surface area contributed by atoms with Crippen molar-refractivity contribution in [2.75, 3.05) is 39.4 Å². The lowest BCUT2D eigenvalue weighted by Gasteiger charge is -2.47. The Morgan fingerprint density at radius 3 is 2.75 bits per heavy atom. The van der Waals surface area contributed by atoms with Crippen LogP contribution >= 0.6 is 0 Å². The lowest BCUT2D eigenvalue weighted by Crippen LogP contribution is -2.61. The first-order valence-electron chi connectivity index (χ1n) is 8.94. The number of hydrogen-bond acceptors (Lipinski definition) is 3. The van der Waals surface area contributed by atoms with E-state index >= 15 is 0 Å². The van der Waals surface area contributed by atoms with Gasteiger partial charge in [0, 0.05) is 50.8 Å². The summed E-state index contributed by atoms with van der Waals surface area (Å²) in [5.41, 5.74) is 1.30. The van der Waals surface area contributed by atoms with Gasteiger partial charge >= 0.3 is 6.03 Å². The van der Waals surface area contributed by atoms with Crippen LogP contribution in [0, 0.1) is 5.92 Å². The molecule has 2 aliphatic heterocycles. The summed E-state index contributed by atoms with van der Waals surface area (Å²) in [6.45, 7) is 10.1. The van der Waals surface area contributed by atoms with Crippen LogP contribution in [0.2, 0.25) is 0 Å². The maximum Gasteiger partial charge on any atom is 0.317 e.